The van der Waals surface area contributed by atoms with Gasteiger partial charge in [-0.25, -0.2) is 0 Å². The van der Waals surface area contributed by atoms with E-state index in [0.717, 1.165) is 12.8 Å². The van der Waals surface area contributed by atoms with Gasteiger partial charge in [0, 0.05) is 19.4 Å². The molecule has 2 nitrogen and oxygen atoms in total. The number of Topliss-reactive ketones (excluding diaryl/α,β-unsaturated/α-hetero) is 1. The van der Waals surface area contributed by atoms with Gasteiger partial charge in [0.05, 0.1) is 0 Å². The van der Waals surface area contributed by atoms with Crippen molar-refractivity contribution in [2.24, 2.45) is 29.1 Å². The van der Waals surface area contributed by atoms with Crippen molar-refractivity contribution >= 4 is 5.78 Å². The Labute approximate surface area is 105 Å². The highest BCUT2D eigenvalue weighted by molar-refractivity contribution is 5.80. The second kappa shape index (κ2) is 4.72. The lowest BCUT2D eigenvalue weighted by atomic mass is 9.54. The van der Waals surface area contributed by atoms with E-state index < -0.39 is 0 Å². The highest BCUT2D eigenvalue weighted by Gasteiger charge is 2.47. The smallest absolute Gasteiger partial charge is 0.133 e. The molecular formula is C15H26O2. The molecule has 0 spiro atoms. The maximum Gasteiger partial charge on any atom is 0.133 e. The van der Waals surface area contributed by atoms with Crippen molar-refractivity contribution in [2.45, 2.75) is 52.9 Å². The Morgan fingerprint density at radius 3 is 2.88 bits per heavy atom. The molecule has 0 aromatic carbocycles. The van der Waals surface area contributed by atoms with Crippen LogP contribution in [-0.2, 0) is 4.79 Å². The number of aliphatic hydroxyl groups excluding tert-OH is 1. The molecule has 2 fully saturated rings. The second-order valence-corrected chi connectivity index (χ2v) is 6.85. The second-order valence-electron chi connectivity index (χ2n) is 6.85. The minimum absolute atomic E-state index is 0.250. The number of hydrogen-bond donors (Lipinski definition) is 1. The van der Waals surface area contributed by atoms with Crippen LogP contribution in [0.25, 0.3) is 0 Å². The van der Waals surface area contributed by atoms with Crippen molar-refractivity contribution < 1.29 is 9.90 Å². The van der Waals surface area contributed by atoms with E-state index in [1.54, 1.807) is 0 Å². The van der Waals surface area contributed by atoms with Crippen LogP contribution < -0.4 is 0 Å². The molecular weight excluding hydrogens is 212 g/mol. The lowest BCUT2D eigenvalue weighted by molar-refractivity contribution is -0.131. The Hall–Kier alpha value is -0.370. The van der Waals surface area contributed by atoms with Crippen molar-refractivity contribution in [1.29, 1.82) is 0 Å². The van der Waals surface area contributed by atoms with Crippen LogP contribution in [0.5, 0.6) is 0 Å². The number of aliphatic hydroxyl groups is 1. The summed E-state index contributed by atoms with van der Waals surface area (Å²) in [5.74, 6) is 2.77. The molecule has 0 saturated heterocycles. The molecule has 0 aromatic heterocycles. The molecule has 0 unspecified atom stereocenters. The first kappa shape index (κ1) is 13.1. The van der Waals surface area contributed by atoms with Crippen molar-refractivity contribution in [1.82, 2.24) is 0 Å². The number of carbonyl (C=O) groups excluding carboxylic acids is 1. The van der Waals surface area contributed by atoms with Crippen LogP contribution in [0, 0.1) is 29.1 Å². The summed E-state index contributed by atoms with van der Waals surface area (Å²) < 4.78 is 0. The lowest BCUT2D eigenvalue weighted by Gasteiger charge is -2.51. The van der Waals surface area contributed by atoms with E-state index in [4.69, 9.17) is 0 Å². The molecule has 0 bridgehead atoms. The van der Waals surface area contributed by atoms with E-state index in [1.165, 1.54) is 19.3 Å². The van der Waals surface area contributed by atoms with Gasteiger partial charge in [-0.15, -0.1) is 0 Å². The summed E-state index contributed by atoms with van der Waals surface area (Å²) in [5, 5.41) is 9.30. The molecule has 0 radical (unpaired) electrons. The standard InChI is InChI=1S/C15H26O2/c1-10-6-13(17)8-15(3)5-4-12(7-14(10)15)11(2)9-16/h10-12,14,16H,4-9H2,1-3H3/t10-,11-,12+,14+,15+/m1/s1. The number of ketones is 1. The summed E-state index contributed by atoms with van der Waals surface area (Å²) in [5.41, 5.74) is 0.250. The van der Waals surface area contributed by atoms with Crippen LogP contribution in [0.15, 0.2) is 0 Å². The number of rotatable bonds is 2. The molecule has 98 valence electrons. The minimum atomic E-state index is 0.250. The van der Waals surface area contributed by atoms with Gasteiger partial charge in [-0.05, 0) is 48.3 Å². The minimum Gasteiger partial charge on any atom is -0.396 e. The van der Waals surface area contributed by atoms with Crippen LogP contribution >= 0.6 is 0 Å². The zero-order valence-electron chi connectivity index (χ0n) is 11.4. The molecule has 0 heterocycles. The monoisotopic (exact) mass is 238 g/mol. The summed E-state index contributed by atoms with van der Waals surface area (Å²) >= 11 is 0. The molecule has 5 atom stereocenters. The number of carbonyl (C=O) groups is 1. The van der Waals surface area contributed by atoms with E-state index >= 15 is 0 Å². The van der Waals surface area contributed by atoms with Gasteiger partial charge >= 0.3 is 0 Å². The fourth-order valence-electron chi connectivity index (χ4n) is 4.26. The molecule has 2 aliphatic rings. The van der Waals surface area contributed by atoms with Crippen molar-refractivity contribution in [3.8, 4) is 0 Å². The lowest BCUT2D eigenvalue weighted by Crippen LogP contribution is -2.45. The Bertz CT molecular complexity index is 299. The highest BCUT2D eigenvalue weighted by Crippen LogP contribution is 2.53. The fourth-order valence-corrected chi connectivity index (χ4v) is 4.26. The molecule has 17 heavy (non-hydrogen) atoms. The Morgan fingerprint density at radius 1 is 1.53 bits per heavy atom. The summed E-state index contributed by atoms with van der Waals surface area (Å²) in [6.07, 6.45) is 5.15. The van der Waals surface area contributed by atoms with Gasteiger partial charge < -0.3 is 5.11 Å². The number of fused-ring (bicyclic) bond motifs is 1. The van der Waals surface area contributed by atoms with Crippen molar-refractivity contribution in [3.63, 3.8) is 0 Å². The third-order valence-electron chi connectivity index (χ3n) is 5.47. The van der Waals surface area contributed by atoms with E-state index in [9.17, 15) is 9.90 Å². The maximum atomic E-state index is 11.8. The Balaban J connectivity index is 2.11. The average molecular weight is 238 g/mol. The molecule has 2 saturated carbocycles. The largest absolute Gasteiger partial charge is 0.396 e. The van der Waals surface area contributed by atoms with Crippen LogP contribution in [0.3, 0.4) is 0 Å². The predicted octanol–water partition coefficient (Wildman–Crippen LogP) is 3.04. The van der Waals surface area contributed by atoms with Crippen molar-refractivity contribution in [2.75, 3.05) is 6.61 Å². The van der Waals surface area contributed by atoms with E-state index in [0.29, 0.717) is 36.1 Å². The first-order valence-corrected chi connectivity index (χ1v) is 7.09. The predicted molar refractivity (Wildman–Crippen MR) is 68.6 cm³/mol. The van der Waals surface area contributed by atoms with Gasteiger partial charge in [0.1, 0.15) is 5.78 Å². The fraction of sp³-hybridized carbons (Fsp3) is 0.933. The van der Waals surface area contributed by atoms with Gasteiger partial charge in [0.15, 0.2) is 0 Å². The molecule has 0 aromatic rings. The summed E-state index contributed by atoms with van der Waals surface area (Å²) in [4.78, 5) is 11.8. The first-order chi connectivity index (χ1) is 7.96. The van der Waals surface area contributed by atoms with Gasteiger partial charge in [-0.2, -0.15) is 0 Å². The number of hydrogen-bond acceptors (Lipinski definition) is 2. The Kier molecular flexibility index (Phi) is 3.63. The topological polar surface area (TPSA) is 37.3 Å². The SMILES string of the molecule is C[C@H](CO)[C@H]1CC[C@@]2(C)CC(=O)C[C@@H](C)[C@@H]2C1. The van der Waals surface area contributed by atoms with Gasteiger partial charge in [0.25, 0.3) is 0 Å². The Morgan fingerprint density at radius 2 is 2.24 bits per heavy atom. The van der Waals surface area contributed by atoms with Gasteiger partial charge in [-0.3, -0.25) is 4.79 Å². The normalized spacial score (nSPS) is 44.2. The quantitative estimate of drug-likeness (QED) is 0.803. The van der Waals surface area contributed by atoms with Crippen LogP contribution in [0.4, 0.5) is 0 Å². The molecule has 2 rings (SSSR count). The van der Waals surface area contributed by atoms with Crippen LogP contribution in [0.2, 0.25) is 0 Å². The van der Waals surface area contributed by atoms with Crippen LogP contribution in [-0.4, -0.2) is 17.5 Å². The summed E-state index contributed by atoms with van der Waals surface area (Å²) in [6.45, 7) is 7.02. The summed E-state index contributed by atoms with van der Waals surface area (Å²) in [6, 6.07) is 0. The molecule has 1 N–H and O–H groups in total. The zero-order chi connectivity index (χ0) is 12.6. The third-order valence-corrected chi connectivity index (χ3v) is 5.47. The molecule has 0 amide bonds. The van der Waals surface area contributed by atoms with E-state index in [1.807, 2.05) is 0 Å². The molecule has 2 heteroatoms. The first-order valence-electron chi connectivity index (χ1n) is 7.09. The van der Waals surface area contributed by atoms with E-state index in [2.05, 4.69) is 20.8 Å². The van der Waals surface area contributed by atoms with Crippen LogP contribution in [0.1, 0.15) is 52.9 Å². The maximum absolute atomic E-state index is 11.8. The third kappa shape index (κ3) is 2.42. The summed E-state index contributed by atoms with van der Waals surface area (Å²) in [7, 11) is 0. The molecule has 0 aliphatic heterocycles. The van der Waals surface area contributed by atoms with E-state index in [-0.39, 0.29) is 5.41 Å². The van der Waals surface area contributed by atoms with Crippen molar-refractivity contribution in [3.05, 3.63) is 0 Å². The highest BCUT2D eigenvalue weighted by atomic mass is 16.3. The average Bonchev–Trinajstić information content (AvgIpc) is 2.26. The zero-order valence-corrected chi connectivity index (χ0v) is 11.4. The van der Waals surface area contributed by atoms with Gasteiger partial charge in [-0.1, -0.05) is 20.8 Å². The van der Waals surface area contributed by atoms with Gasteiger partial charge in [0.2, 0.25) is 0 Å². The molecule has 2 aliphatic carbocycles.